The van der Waals surface area contributed by atoms with Gasteiger partial charge >= 0.3 is 12.4 Å². The molecule has 3 aromatic rings. The molecule has 0 aromatic heterocycles. The second-order valence-electron chi connectivity index (χ2n) is 8.54. The summed E-state index contributed by atoms with van der Waals surface area (Å²) in [5, 5.41) is 21.6. The Morgan fingerprint density at radius 2 is 1.44 bits per heavy atom. The number of carbonyl (C=O) groups excluding carboxylic acids is 1. The molecular formula is C25H20F7NO5S. The molecule has 14 heteroatoms. The SMILES string of the molecule is CS(=O)(=O)c1ccc(C(CO)C(=O)Nc2ccc(-c3ccc(C(O)(C(F)(F)F)C(F)(F)F)cc3F)cc2)cc1. The highest BCUT2D eigenvalue weighted by Gasteiger charge is 2.71. The van der Waals surface area contributed by atoms with Crippen molar-refractivity contribution in [1.29, 1.82) is 0 Å². The molecule has 1 unspecified atom stereocenters. The molecule has 0 saturated heterocycles. The zero-order chi connectivity index (χ0) is 29.4. The first-order valence-electron chi connectivity index (χ1n) is 10.9. The van der Waals surface area contributed by atoms with Gasteiger partial charge in [0.25, 0.3) is 5.60 Å². The van der Waals surface area contributed by atoms with E-state index in [-0.39, 0.29) is 27.8 Å². The summed E-state index contributed by atoms with van der Waals surface area (Å²) in [7, 11) is -3.48. The van der Waals surface area contributed by atoms with E-state index < -0.39 is 57.6 Å². The van der Waals surface area contributed by atoms with Crippen LogP contribution in [0.25, 0.3) is 11.1 Å². The average molecular weight is 579 g/mol. The number of benzene rings is 3. The van der Waals surface area contributed by atoms with Gasteiger partial charge in [-0.25, -0.2) is 12.8 Å². The van der Waals surface area contributed by atoms with Crippen molar-refractivity contribution in [2.45, 2.75) is 28.8 Å². The molecule has 0 fully saturated rings. The Labute approximate surface area is 217 Å². The number of carbonyl (C=O) groups is 1. The fourth-order valence-electron chi connectivity index (χ4n) is 3.71. The Morgan fingerprint density at radius 1 is 0.897 bits per heavy atom. The van der Waals surface area contributed by atoms with Gasteiger partial charge < -0.3 is 15.5 Å². The van der Waals surface area contributed by atoms with Gasteiger partial charge in [-0.15, -0.1) is 0 Å². The van der Waals surface area contributed by atoms with Gasteiger partial charge in [-0.2, -0.15) is 26.3 Å². The summed E-state index contributed by atoms with van der Waals surface area (Å²) in [6.07, 6.45) is -11.3. The van der Waals surface area contributed by atoms with E-state index in [1.807, 2.05) is 0 Å². The van der Waals surface area contributed by atoms with Crippen molar-refractivity contribution < 1.29 is 54.2 Å². The first-order valence-corrected chi connectivity index (χ1v) is 12.8. The van der Waals surface area contributed by atoms with Crippen molar-refractivity contribution in [2.75, 3.05) is 18.2 Å². The summed E-state index contributed by atoms with van der Waals surface area (Å²) in [4.78, 5) is 12.7. The quantitative estimate of drug-likeness (QED) is 0.345. The Morgan fingerprint density at radius 3 is 1.87 bits per heavy atom. The van der Waals surface area contributed by atoms with E-state index in [9.17, 15) is 54.2 Å². The van der Waals surface area contributed by atoms with Crippen LogP contribution in [-0.4, -0.2) is 49.8 Å². The number of halogens is 7. The molecule has 0 spiro atoms. The van der Waals surface area contributed by atoms with Gasteiger partial charge in [-0.3, -0.25) is 4.79 Å². The minimum Gasteiger partial charge on any atom is -0.395 e. The summed E-state index contributed by atoms with van der Waals surface area (Å²) in [6.45, 7) is -0.623. The minimum atomic E-state index is -6.17. The summed E-state index contributed by atoms with van der Waals surface area (Å²) < 4.78 is 116. The summed E-state index contributed by atoms with van der Waals surface area (Å²) in [5.74, 6) is -3.22. The highest BCUT2D eigenvalue weighted by atomic mass is 32.2. The van der Waals surface area contributed by atoms with Crippen LogP contribution in [0.4, 0.5) is 36.4 Å². The van der Waals surface area contributed by atoms with E-state index in [2.05, 4.69) is 5.32 Å². The van der Waals surface area contributed by atoms with Crippen molar-refractivity contribution in [3.8, 4) is 11.1 Å². The first kappa shape index (κ1) is 30.1. The van der Waals surface area contributed by atoms with E-state index >= 15 is 0 Å². The van der Waals surface area contributed by atoms with Gasteiger partial charge in [0.05, 0.1) is 17.4 Å². The molecule has 1 amide bonds. The monoisotopic (exact) mass is 579 g/mol. The first-order chi connectivity index (χ1) is 17.9. The van der Waals surface area contributed by atoms with E-state index in [0.29, 0.717) is 17.7 Å². The molecule has 6 nitrogen and oxygen atoms in total. The van der Waals surface area contributed by atoms with Crippen molar-refractivity contribution in [1.82, 2.24) is 0 Å². The maximum Gasteiger partial charge on any atom is 0.430 e. The third kappa shape index (κ3) is 6.07. The second kappa shape index (κ2) is 10.6. The van der Waals surface area contributed by atoms with Crippen LogP contribution in [0, 0.1) is 5.82 Å². The lowest BCUT2D eigenvalue weighted by molar-refractivity contribution is -0.376. The smallest absolute Gasteiger partial charge is 0.395 e. The molecule has 0 heterocycles. The molecule has 3 N–H and O–H groups in total. The number of amides is 1. The van der Waals surface area contributed by atoms with Crippen molar-refractivity contribution in [3.63, 3.8) is 0 Å². The average Bonchev–Trinajstić information content (AvgIpc) is 2.83. The third-order valence-corrected chi connectivity index (χ3v) is 7.01. The number of anilines is 1. The lowest BCUT2D eigenvalue weighted by atomic mass is 9.90. The number of sulfone groups is 1. The normalized spacial score (nSPS) is 13.7. The molecule has 0 aliphatic carbocycles. The van der Waals surface area contributed by atoms with Crippen LogP contribution in [0.3, 0.4) is 0 Å². The minimum absolute atomic E-state index is 0.0145. The predicted molar refractivity (Wildman–Crippen MR) is 126 cm³/mol. The van der Waals surface area contributed by atoms with Crippen LogP contribution in [0.5, 0.6) is 0 Å². The van der Waals surface area contributed by atoms with Gasteiger partial charge in [0.15, 0.2) is 9.84 Å². The highest BCUT2D eigenvalue weighted by molar-refractivity contribution is 7.90. The molecule has 0 aliphatic rings. The van der Waals surface area contributed by atoms with Crippen LogP contribution in [0.15, 0.2) is 71.6 Å². The van der Waals surface area contributed by atoms with Gasteiger partial charge in [-0.05, 0) is 41.5 Å². The van der Waals surface area contributed by atoms with Crippen LogP contribution in [-0.2, 0) is 20.2 Å². The van der Waals surface area contributed by atoms with Crippen LogP contribution >= 0.6 is 0 Å². The fourth-order valence-corrected chi connectivity index (χ4v) is 4.34. The molecule has 0 radical (unpaired) electrons. The molecular weight excluding hydrogens is 559 g/mol. The predicted octanol–water partition coefficient (Wildman–Crippen LogP) is 4.92. The van der Waals surface area contributed by atoms with Crippen molar-refractivity contribution in [3.05, 3.63) is 83.7 Å². The van der Waals surface area contributed by atoms with E-state index in [4.69, 9.17) is 0 Å². The molecule has 3 rings (SSSR count). The number of rotatable bonds is 7. The number of alkyl halides is 6. The largest absolute Gasteiger partial charge is 0.430 e. The van der Waals surface area contributed by atoms with Gasteiger partial charge in [0.2, 0.25) is 5.91 Å². The van der Waals surface area contributed by atoms with Gasteiger partial charge in [0.1, 0.15) is 5.82 Å². The fraction of sp³-hybridized carbons (Fsp3) is 0.240. The lowest BCUT2D eigenvalue weighted by Gasteiger charge is -2.32. The summed E-state index contributed by atoms with van der Waals surface area (Å²) >= 11 is 0. The van der Waals surface area contributed by atoms with Gasteiger partial charge in [0, 0.05) is 23.1 Å². The Balaban J connectivity index is 1.82. The molecule has 39 heavy (non-hydrogen) atoms. The number of aliphatic hydroxyl groups is 2. The zero-order valence-electron chi connectivity index (χ0n) is 19.8. The standard InChI is InChI=1S/C25H20F7NO5S/c1-39(37,38)18-9-4-15(5-10-18)20(13-34)22(35)33-17-7-2-14(3-8-17)19-11-6-16(12-21(19)26)23(36,24(27,28)29)25(30,31)32/h2-12,20,34,36H,13H2,1H3,(H,33,35). The molecule has 0 aliphatic heterocycles. The summed E-state index contributed by atoms with van der Waals surface area (Å²) in [5.41, 5.74) is -6.87. The zero-order valence-corrected chi connectivity index (χ0v) is 20.6. The number of nitrogens with one attached hydrogen (secondary N) is 1. The molecule has 210 valence electrons. The number of hydrogen-bond donors (Lipinski definition) is 3. The van der Waals surface area contributed by atoms with Crippen molar-refractivity contribution in [2.24, 2.45) is 0 Å². The molecule has 0 saturated carbocycles. The summed E-state index contributed by atoms with van der Waals surface area (Å²) in [6, 6.07) is 11.2. The maximum absolute atomic E-state index is 14.6. The van der Waals surface area contributed by atoms with Crippen molar-refractivity contribution >= 4 is 21.4 Å². The molecule has 0 bridgehead atoms. The van der Waals surface area contributed by atoms with E-state index in [1.54, 1.807) is 0 Å². The number of aliphatic hydroxyl groups excluding tert-OH is 1. The Bertz CT molecular complexity index is 1440. The molecule has 1 atom stereocenters. The van der Waals surface area contributed by atoms with E-state index in [0.717, 1.165) is 6.26 Å². The lowest BCUT2D eigenvalue weighted by Crippen LogP contribution is -2.53. The topological polar surface area (TPSA) is 104 Å². The Hall–Kier alpha value is -3.49. The van der Waals surface area contributed by atoms with Crippen LogP contribution in [0.2, 0.25) is 0 Å². The van der Waals surface area contributed by atoms with Gasteiger partial charge in [-0.1, -0.05) is 36.4 Å². The van der Waals surface area contributed by atoms with Crippen LogP contribution in [0.1, 0.15) is 17.0 Å². The number of hydrogen-bond acceptors (Lipinski definition) is 5. The Kier molecular flexibility index (Phi) is 8.16. The van der Waals surface area contributed by atoms with E-state index in [1.165, 1.54) is 48.5 Å². The molecule has 3 aromatic carbocycles. The third-order valence-electron chi connectivity index (χ3n) is 5.88. The van der Waals surface area contributed by atoms with Crippen LogP contribution < -0.4 is 5.32 Å². The second-order valence-corrected chi connectivity index (χ2v) is 10.6. The highest BCUT2D eigenvalue weighted by Crippen LogP contribution is 2.50. The maximum atomic E-state index is 14.6.